The topological polar surface area (TPSA) is 61.8 Å². The third kappa shape index (κ3) is 5.31. The maximum atomic E-state index is 12.1. The zero-order valence-corrected chi connectivity index (χ0v) is 13.3. The molecule has 1 saturated heterocycles. The van der Waals surface area contributed by atoms with Gasteiger partial charge in [-0.15, -0.1) is 0 Å². The van der Waals surface area contributed by atoms with Crippen molar-refractivity contribution in [1.29, 1.82) is 0 Å². The molecule has 0 radical (unpaired) electrons. The van der Waals surface area contributed by atoms with E-state index in [0.717, 1.165) is 44.6 Å². The summed E-state index contributed by atoms with van der Waals surface area (Å²) >= 11 is 0. The molecule has 5 heteroatoms. The number of nitrogens with one attached hydrogen (secondary N) is 1. The third-order valence-electron chi connectivity index (χ3n) is 3.90. The molecule has 1 heterocycles. The van der Waals surface area contributed by atoms with Gasteiger partial charge in [0.15, 0.2) is 0 Å². The number of benzene rings is 1. The molecule has 122 valence electrons. The molecule has 2 N–H and O–H groups in total. The fourth-order valence-electron chi connectivity index (χ4n) is 2.64. The minimum Gasteiger partial charge on any atom is -0.494 e. The number of piperidine rings is 1. The Kier molecular flexibility index (Phi) is 6.68. The van der Waals surface area contributed by atoms with Gasteiger partial charge >= 0.3 is 0 Å². The number of carbonyl (C=O) groups excluding carboxylic acids is 1. The first-order valence-corrected chi connectivity index (χ1v) is 8.10. The Labute approximate surface area is 132 Å². The second-order valence-electron chi connectivity index (χ2n) is 5.64. The van der Waals surface area contributed by atoms with Crippen LogP contribution in [-0.4, -0.2) is 54.8 Å². The highest BCUT2D eigenvalue weighted by Gasteiger charge is 2.16. The second-order valence-corrected chi connectivity index (χ2v) is 5.64. The maximum Gasteiger partial charge on any atom is 0.251 e. The number of hydrogen-bond donors (Lipinski definition) is 2. The molecule has 0 bridgehead atoms. The summed E-state index contributed by atoms with van der Waals surface area (Å²) in [5.74, 6) is 0.664. The smallest absolute Gasteiger partial charge is 0.251 e. The number of hydrogen-bond acceptors (Lipinski definition) is 4. The second kappa shape index (κ2) is 8.76. The van der Waals surface area contributed by atoms with Crippen molar-refractivity contribution in [3.8, 4) is 5.75 Å². The van der Waals surface area contributed by atoms with Crippen molar-refractivity contribution in [2.24, 2.45) is 0 Å². The first kappa shape index (κ1) is 16.8. The van der Waals surface area contributed by atoms with E-state index in [9.17, 15) is 9.90 Å². The Bertz CT molecular complexity index is 471. The highest BCUT2D eigenvalue weighted by molar-refractivity contribution is 5.94. The van der Waals surface area contributed by atoms with Crippen molar-refractivity contribution >= 4 is 5.91 Å². The van der Waals surface area contributed by atoms with E-state index < -0.39 is 0 Å². The highest BCUT2D eigenvalue weighted by Crippen LogP contribution is 2.13. The molecule has 1 aliphatic heterocycles. The van der Waals surface area contributed by atoms with Gasteiger partial charge in [0.2, 0.25) is 0 Å². The van der Waals surface area contributed by atoms with E-state index in [1.807, 2.05) is 19.1 Å². The third-order valence-corrected chi connectivity index (χ3v) is 3.90. The number of likely N-dealkylation sites (tertiary alicyclic amines) is 1. The Morgan fingerprint density at radius 3 is 2.91 bits per heavy atom. The average Bonchev–Trinajstić information content (AvgIpc) is 2.53. The molecule has 0 aromatic heterocycles. The summed E-state index contributed by atoms with van der Waals surface area (Å²) in [6.07, 6.45) is 2.51. The number of aliphatic hydroxyl groups is 1. The van der Waals surface area contributed by atoms with Crippen LogP contribution in [0.3, 0.4) is 0 Å². The standard InChI is InChI=1S/C17H26N2O3/c1-2-22-16-6-3-5-14(13-16)17(21)18-9-4-10-19-11-7-15(20)8-12-19/h3,5-6,13,15,20H,2,4,7-12H2,1H3,(H,18,21). The van der Waals surface area contributed by atoms with Crippen LogP contribution < -0.4 is 10.1 Å². The molecular formula is C17H26N2O3. The molecule has 22 heavy (non-hydrogen) atoms. The van der Waals surface area contributed by atoms with Gasteiger partial charge in [0.1, 0.15) is 5.75 Å². The van der Waals surface area contributed by atoms with Crippen LogP contribution in [0.25, 0.3) is 0 Å². The van der Waals surface area contributed by atoms with Crippen molar-refractivity contribution in [3.63, 3.8) is 0 Å². The number of aliphatic hydroxyl groups excluding tert-OH is 1. The van der Waals surface area contributed by atoms with Gasteiger partial charge in [0.05, 0.1) is 12.7 Å². The van der Waals surface area contributed by atoms with Crippen molar-refractivity contribution in [2.75, 3.05) is 32.8 Å². The minimum atomic E-state index is -0.131. The van der Waals surface area contributed by atoms with Crippen molar-refractivity contribution < 1.29 is 14.6 Å². The summed E-state index contributed by atoms with van der Waals surface area (Å²) in [6, 6.07) is 7.25. The summed E-state index contributed by atoms with van der Waals surface area (Å²) in [6.45, 7) is 6.04. The van der Waals surface area contributed by atoms with Crippen LogP contribution in [0.1, 0.15) is 36.5 Å². The van der Waals surface area contributed by atoms with Gasteiger partial charge in [0.25, 0.3) is 5.91 Å². The molecular weight excluding hydrogens is 280 g/mol. The number of amides is 1. The van der Waals surface area contributed by atoms with Crippen LogP contribution in [0.4, 0.5) is 0 Å². The van der Waals surface area contributed by atoms with Gasteiger partial charge < -0.3 is 20.1 Å². The lowest BCUT2D eigenvalue weighted by Crippen LogP contribution is -2.37. The normalized spacial score (nSPS) is 16.5. The van der Waals surface area contributed by atoms with Crippen molar-refractivity contribution in [3.05, 3.63) is 29.8 Å². The molecule has 1 amide bonds. The van der Waals surface area contributed by atoms with Gasteiger partial charge in [-0.05, 0) is 50.9 Å². The van der Waals surface area contributed by atoms with Gasteiger partial charge in [-0.25, -0.2) is 0 Å². The largest absolute Gasteiger partial charge is 0.494 e. The summed E-state index contributed by atoms with van der Waals surface area (Å²) in [7, 11) is 0. The highest BCUT2D eigenvalue weighted by atomic mass is 16.5. The van der Waals surface area contributed by atoms with E-state index in [0.29, 0.717) is 18.7 Å². The van der Waals surface area contributed by atoms with Crippen LogP contribution in [0.5, 0.6) is 5.75 Å². The predicted molar refractivity (Wildman–Crippen MR) is 86.2 cm³/mol. The van der Waals surface area contributed by atoms with E-state index in [2.05, 4.69) is 10.2 Å². The van der Waals surface area contributed by atoms with Crippen molar-refractivity contribution in [1.82, 2.24) is 10.2 Å². The molecule has 0 saturated carbocycles. The van der Waals surface area contributed by atoms with E-state index in [1.54, 1.807) is 12.1 Å². The number of carbonyl (C=O) groups is 1. The first-order chi connectivity index (χ1) is 10.7. The Morgan fingerprint density at radius 1 is 1.41 bits per heavy atom. The van der Waals surface area contributed by atoms with E-state index in [1.165, 1.54) is 0 Å². The van der Waals surface area contributed by atoms with E-state index in [-0.39, 0.29) is 12.0 Å². The van der Waals surface area contributed by atoms with Gasteiger partial charge in [-0.2, -0.15) is 0 Å². The lowest BCUT2D eigenvalue weighted by Gasteiger charge is -2.29. The summed E-state index contributed by atoms with van der Waals surface area (Å²) in [4.78, 5) is 14.4. The first-order valence-electron chi connectivity index (χ1n) is 8.10. The van der Waals surface area contributed by atoms with E-state index >= 15 is 0 Å². The maximum absolute atomic E-state index is 12.1. The quantitative estimate of drug-likeness (QED) is 0.752. The lowest BCUT2D eigenvalue weighted by atomic mass is 10.1. The molecule has 0 spiro atoms. The number of nitrogens with zero attached hydrogens (tertiary/aromatic N) is 1. The zero-order chi connectivity index (χ0) is 15.8. The van der Waals surface area contributed by atoms with Gasteiger partial charge in [-0.1, -0.05) is 6.07 Å². The molecule has 1 aromatic carbocycles. The Morgan fingerprint density at radius 2 is 2.18 bits per heavy atom. The van der Waals surface area contributed by atoms with Gasteiger partial charge in [-0.3, -0.25) is 4.79 Å². The molecule has 1 fully saturated rings. The monoisotopic (exact) mass is 306 g/mol. The predicted octanol–water partition coefficient (Wildman–Crippen LogP) is 1.66. The summed E-state index contributed by atoms with van der Waals surface area (Å²) in [5, 5.41) is 12.4. The van der Waals surface area contributed by atoms with Crippen LogP contribution in [-0.2, 0) is 0 Å². The minimum absolute atomic E-state index is 0.0596. The fraction of sp³-hybridized carbons (Fsp3) is 0.588. The van der Waals surface area contributed by atoms with Gasteiger partial charge in [0, 0.05) is 25.2 Å². The van der Waals surface area contributed by atoms with E-state index in [4.69, 9.17) is 4.74 Å². The molecule has 5 nitrogen and oxygen atoms in total. The number of rotatable bonds is 7. The molecule has 0 atom stereocenters. The van der Waals surface area contributed by atoms with Crippen LogP contribution >= 0.6 is 0 Å². The van der Waals surface area contributed by atoms with Crippen molar-refractivity contribution in [2.45, 2.75) is 32.3 Å². The average molecular weight is 306 g/mol. The molecule has 2 rings (SSSR count). The summed E-state index contributed by atoms with van der Waals surface area (Å²) < 4.78 is 5.40. The fourth-order valence-corrected chi connectivity index (χ4v) is 2.64. The molecule has 1 aromatic rings. The molecule has 0 unspecified atom stereocenters. The van der Waals surface area contributed by atoms with Crippen LogP contribution in [0, 0.1) is 0 Å². The van der Waals surface area contributed by atoms with Crippen LogP contribution in [0.2, 0.25) is 0 Å². The molecule has 1 aliphatic rings. The lowest BCUT2D eigenvalue weighted by molar-refractivity contribution is 0.0816. The summed E-state index contributed by atoms with van der Waals surface area (Å²) in [5.41, 5.74) is 0.632. The number of ether oxygens (including phenoxy) is 1. The van der Waals surface area contributed by atoms with Crippen LogP contribution in [0.15, 0.2) is 24.3 Å². The Balaban J connectivity index is 1.68. The Hall–Kier alpha value is -1.59. The zero-order valence-electron chi connectivity index (χ0n) is 13.3. The molecule has 0 aliphatic carbocycles. The SMILES string of the molecule is CCOc1cccc(C(=O)NCCCN2CCC(O)CC2)c1.